The van der Waals surface area contributed by atoms with Crippen LogP contribution in [0.25, 0.3) is 5.69 Å². The zero-order valence-electron chi connectivity index (χ0n) is 17.2. The topological polar surface area (TPSA) is 102 Å². The van der Waals surface area contributed by atoms with E-state index in [0.29, 0.717) is 28.2 Å². The van der Waals surface area contributed by atoms with Crippen molar-refractivity contribution in [2.45, 2.75) is 20.8 Å². The van der Waals surface area contributed by atoms with E-state index in [9.17, 15) is 18.8 Å². The second-order valence-electron chi connectivity index (χ2n) is 6.65. The fraction of sp³-hybridized carbons (Fsp3) is 0.182. The van der Waals surface area contributed by atoms with Gasteiger partial charge in [0.25, 0.3) is 5.91 Å². The summed E-state index contributed by atoms with van der Waals surface area (Å²) >= 11 is 0. The van der Waals surface area contributed by atoms with E-state index in [-0.39, 0.29) is 18.2 Å². The Balaban J connectivity index is 1.77. The lowest BCUT2D eigenvalue weighted by molar-refractivity contribution is -0.114. The predicted octanol–water partition coefficient (Wildman–Crippen LogP) is 3.71. The summed E-state index contributed by atoms with van der Waals surface area (Å²) in [7, 11) is 0. The van der Waals surface area contributed by atoms with Crippen molar-refractivity contribution in [3.8, 4) is 5.69 Å². The number of benzene rings is 2. The Morgan fingerprint density at radius 2 is 1.81 bits per heavy atom. The molecule has 9 heteroatoms. The molecule has 0 fully saturated rings. The van der Waals surface area contributed by atoms with Gasteiger partial charge in [0.05, 0.1) is 29.9 Å². The highest BCUT2D eigenvalue weighted by Gasteiger charge is 2.17. The minimum Gasteiger partial charge on any atom is -0.462 e. The van der Waals surface area contributed by atoms with Gasteiger partial charge >= 0.3 is 5.97 Å². The Kier molecular flexibility index (Phi) is 6.44. The molecular weight excluding hydrogens is 403 g/mol. The molecule has 3 aromatic rings. The Hall–Kier alpha value is -4.01. The van der Waals surface area contributed by atoms with Crippen molar-refractivity contribution in [2.75, 3.05) is 17.2 Å². The van der Waals surface area contributed by atoms with Crippen LogP contribution in [-0.2, 0) is 9.53 Å². The SMILES string of the molecule is CCOC(=O)c1cnn(-c2ccc(C(=O)Nc3cc(NC(C)=O)ccc3F)cc2)c1C. The van der Waals surface area contributed by atoms with Gasteiger partial charge in [-0.05, 0) is 56.3 Å². The quantitative estimate of drug-likeness (QED) is 0.588. The van der Waals surface area contributed by atoms with Gasteiger partial charge in [-0.2, -0.15) is 5.10 Å². The van der Waals surface area contributed by atoms with E-state index in [1.807, 2.05) is 0 Å². The third-order valence-corrected chi connectivity index (χ3v) is 4.41. The average Bonchev–Trinajstić information content (AvgIpc) is 3.12. The number of esters is 1. The number of rotatable bonds is 6. The minimum atomic E-state index is -0.627. The first kappa shape index (κ1) is 21.7. The second-order valence-corrected chi connectivity index (χ2v) is 6.65. The summed E-state index contributed by atoms with van der Waals surface area (Å²) in [4.78, 5) is 35.7. The normalized spacial score (nSPS) is 10.5. The standard InChI is InChI=1S/C22H21FN4O4/c1-4-31-22(30)18-12-24-27(13(18)2)17-8-5-15(6-9-17)21(29)26-20-11-16(25-14(3)28)7-10-19(20)23/h5-12H,4H2,1-3H3,(H,25,28)(H,26,29). The molecule has 2 N–H and O–H groups in total. The summed E-state index contributed by atoms with van der Waals surface area (Å²) in [5.41, 5.74) is 2.21. The largest absolute Gasteiger partial charge is 0.462 e. The molecule has 0 bridgehead atoms. The van der Waals surface area contributed by atoms with Crippen molar-refractivity contribution in [1.82, 2.24) is 9.78 Å². The van der Waals surface area contributed by atoms with Crippen LogP contribution in [0.5, 0.6) is 0 Å². The molecule has 0 spiro atoms. The Bertz CT molecular complexity index is 1140. The summed E-state index contributed by atoms with van der Waals surface area (Å²) in [6.45, 7) is 5.07. The van der Waals surface area contributed by atoms with Crippen LogP contribution >= 0.6 is 0 Å². The smallest absolute Gasteiger partial charge is 0.341 e. The molecule has 8 nitrogen and oxygen atoms in total. The monoisotopic (exact) mass is 424 g/mol. The minimum absolute atomic E-state index is 0.0534. The molecule has 0 aliphatic heterocycles. The molecule has 0 unspecified atom stereocenters. The van der Waals surface area contributed by atoms with E-state index >= 15 is 0 Å². The Morgan fingerprint density at radius 1 is 1.10 bits per heavy atom. The number of carbonyl (C=O) groups is 3. The van der Waals surface area contributed by atoms with E-state index in [0.717, 1.165) is 6.07 Å². The zero-order valence-corrected chi connectivity index (χ0v) is 17.2. The third kappa shape index (κ3) is 4.95. The van der Waals surface area contributed by atoms with E-state index in [4.69, 9.17) is 4.74 Å². The number of hydrogen-bond acceptors (Lipinski definition) is 5. The number of amides is 2. The summed E-state index contributed by atoms with van der Waals surface area (Å²) in [6.07, 6.45) is 1.43. The van der Waals surface area contributed by atoms with Crippen molar-refractivity contribution in [3.63, 3.8) is 0 Å². The van der Waals surface area contributed by atoms with Gasteiger partial charge in [-0.25, -0.2) is 13.9 Å². The van der Waals surface area contributed by atoms with Gasteiger partial charge in [0.15, 0.2) is 0 Å². The number of carbonyl (C=O) groups excluding carboxylic acids is 3. The molecule has 0 atom stereocenters. The van der Waals surface area contributed by atoms with Crippen LogP contribution in [-0.4, -0.2) is 34.2 Å². The maximum atomic E-state index is 14.1. The lowest BCUT2D eigenvalue weighted by atomic mass is 10.1. The van der Waals surface area contributed by atoms with Gasteiger partial charge in [0.2, 0.25) is 5.91 Å². The lowest BCUT2D eigenvalue weighted by Crippen LogP contribution is -2.14. The first-order chi connectivity index (χ1) is 14.8. The van der Waals surface area contributed by atoms with Crippen LogP contribution in [0.2, 0.25) is 0 Å². The molecule has 160 valence electrons. The van der Waals surface area contributed by atoms with Gasteiger partial charge in [-0.1, -0.05) is 0 Å². The molecule has 1 aromatic heterocycles. The number of anilines is 2. The molecule has 0 saturated heterocycles. The number of halogens is 1. The van der Waals surface area contributed by atoms with Crippen molar-refractivity contribution in [3.05, 3.63) is 71.3 Å². The average molecular weight is 424 g/mol. The van der Waals surface area contributed by atoms with Gasteiger partial charge in [-0.3, -0.25) is 9.59 Å². The van der Waals surface area contributed by atoms with Crippen LogP contribution in [0.4, 0.5) is 15.8 Å². The summed E-state index contributed by atoms with van der Waals surface area (Å²) in [5, 5.41) is 9.24. The fourth-order valence-corrected chi connectivity index (χ4v) is 2.93. The van der Waals surface area contributed by atoms with Gasteiger partial charge in [-0.15, -0.1) is 0 Å². The van der Waals surface area contributed by atoms with Crippen molar-refractivity contribution >= 4 is 29.2 Å². The maximum Gasteiger partial charge on any atom is 0.341 e. The first-order valence-electron chi connectivity index (χ1n) is 9.50. The summed E-state index contributed by atoms with van der Waals surface area (Å²) < 4.78 is 20.6. The molecule has 0 aliphatic rings. The zero-order chi connectivity index (χ0) is 22.5. The van der Waals surface area contributed by atoms with Crippen molar-refractivity contribution in [2.24, 2.45) is 0 Å². The van der Waals surface area contributed by atoms with E-state index in [1.165, 1.54) is 25.3 Å². The molecule has 2 aromatic carbocycles. The highest BCUT2D eigenvalue weighted by atomic mass is 19.1. The van der Waals surface area contributed by atoms with Gasteiger partial charge in [0, 0.05) is 18.2 Å². The molecule has 0 radical (unpaired) electrons. The van der Waals surface area contributed by atoms with Gasteiger partial charge in [0.1, 0.15) is 11.4 Å². The van der Waals surface area contributed by atoms with Gasteiger partial charge < -0.3 is 15.4 Å². The van der Waals surface area contributed by atoms with Crippen LogP contribution in [0, 0.1) is 12.7 Å². The molecule has 0 aliphatic carbocycles. The number of nitrogens with zero attached hydrogens (tertiary/aromatic N) is 2. The summed E-state index contributed by atoms with van der Waals surface area (Å²) in [6, 6.07) is 10.3. The molecule has 0 saturated carbocycles. The van der Waals surface area contributed by atoms with Crippen LogP contribution in [0.3, 0.4) is 0 Å². The Labute approximate surface area is 178 Å². The van der Waals surface area contributed by atoms with Crippen molar-refractivity contribution in [1.29, 1.82) is 0 Å². The molecule has 1 heterocycles. The third-order valence-electron chi connectivity index (χ3n) is 4.41. The van der Waals surface area contributed by atoms with Crippen molar-refractivity contribution < 1.29 is 23.5 Å². The molecular formula is C22H21FN4O4. The predicted molar refractivity (Wildman–Crippen MR) is 113 cm³/mol. The number of hydrogen-bond donors (Lipinski definition) is 2. The van der Waals surface area contributed by atoms with E-state index < -0.39 is 17.7 Å². The van der Waals surface area contributed by atoms with Crippen LogP contribution in [0.15, 0.2) is 48.7 Å². The highest BCUT2D eigenvalue weighted by molar-refractivity contribution is 6.04. The lowest BCUT2D eigenvalue weighted by Gasteiger charge is -2.10. The van der Waals surface area contributed by atoms with E-state index in [1.54, 1.807) is 42.8 Å². The highest BCUT2D eigenvalue weighted by Crippen LogP contribution is 2.21. The molecule has 3 rings (SSSR count). The second kappa shape index (κ2) is 9.21. The number of nitrogens with one attached hydrogen (secondary N) is 2. The van der Waals surface area contributed by atoms with Crippen LogP contribution in [0.1, 0.15) is 40.3 Å². The molecule has 2 amide bonds. The molecule has 31 heavy (non-hydrogen) atoms. The van der Waals surface area contributed by atoms with Crippen LogP contribution < -0.4 is 10.6 Å². The Morgan fingerprint density at radius 3 is 2.45 bits per heavy atom. The maximum absolute atomic E-state index is 14.1. The van der Waals surface area contributed by atoms with E-state index in [2.05, 4.69) is 15.7 Å². The first-order valence-corrected chi connectivity index (χ1v) is 9.50. The number of ether oxygens (including phenoxy) is 1. The summed E-state index contributed by atoms with van der Waals surface area (Å²) in [5.74, 6) is -1.90. The number of aromatic nitrogens is 2. The fourth-order valence-electron chi connectivity index (χ4n) is 2.93.